The van der Waals surface area contributed by atoms with Crippen molar-refractivity contribution in [2.75, 3.05) is 0 Å². The van der Waals surface area contributed by atoms with Crippen molar-refractivity contribution in [2.45, 2.75) is 0 Å². The fourth-order valence-corrected chi connectivity index (χ4v) is 6.78. The summed E-state index contributed by atoms with van der Waals surface area (Å²) in [6, 6.07) is 11.3. The molecule has 0 amide bonds. The molecule has 0 radical (unpaired) electrons. The van der Waals surface area contributed by atoms with Gasteiger partial charge < -0.3 is 4.42 Å². The van der Waals surface area contributed by atoms with E-state index in [2.05, 4.69) is 0 Å². The molecule has 0 fully saturated rings. The number of furan rings is 1. The highest BCUT2D eigenvalue weighted by Gasteiger charge is 2.18. The highest BCUT2D eigenvalue weighted by molar-refractivity contribution is 6.21. The predicted molar refractivity (Wildman–Crippen MR) is 208 cm³/mol. The summed E-state index contributed by atoms with van der Waals surface area (Å²) in [6.45, 7) is 0. The minimum Gasteiger partial charge on any atom is -0.456 e. The first-order chi connectivity index (χ1) is 31.4. The summed E-state index contributed by atoms with van der Waals surface area (Å²) in [5.74, 6) is 0. The molecule has 0 saturated carbocycles. The van der Waals surface area contributed by atoms with Crippen molar-refractivity contribution in [3.63, 3.8) is 0 Å². The van der Waals surface area contributed by atoms with Crippen LogP contribution in [0.2, 0.25) is 0 Å². The molecule has 9 aromatic carbocycles. The first-order valence-electron chi connectivity index (χ1n) is 24.0. The van der Waals surface area contributed by atoms with Crippen LogP contribution in [0.15, 0.2) is 186 Å². The lowest BCUT2D eigenvalue weighted by molar-refractivity contribution is 0.669. The van der Waals surface area contributed by atoms with Crippen LogP contribution in [0.25, 0.3) is 98.8 Å². The molecule has 1 heteroatoms. The van der Waals surface area contributed by atoms with Gasteiger partial charge in [-0.1, -0.05) is 157 Å². The van der Waals surface area contributed by atoms with Crippen LogP contribution in [0.5, 0.6) is 0 Å². The summed E-state index contributed by atoms with van der Waals surface area (Å²) < 4.78 is 159. The van der Waals surface area contributed by atoms with Crippen LogP contribution in [0, 0.1) is 0 Å². The summed E-state index contributed by atoms with van der Waals surface area (Å²) in [4.78, 5) is 0. The highest BCUT2D eigenvalue weighted by Crippen LogP contribution is 2.45. The molecule has 10 aromatic rings. The molecule has 49 heavy (non-hydrogen) atoms. The van der Waals surface area contributed by atoms with Gasteiger partial charge in [0, 0.05) is 10.8 Å². The van der Waals surface area contributed by atoms with Gasteiger partial charge >= 0.3 is 0 Å². The molecule has 228 valence electrons. The number of rotatable bonds is 4. The van der Waals surface area contributed by atoms with Gasteiger partial charge in [0.25, 0.3) is 0 Å². The van der Waals surface area contributed by atoms with Crippen molar-refractivity contribution >= 4 is 54.3 Å². The van der Waals surface area contributed by atoms with E-state index < -0.39 is 147 Å². The van der Waals surface area contributed by atoms with E-state index >= 15 is 0 Å². The third-order valence-corrected chi connectivity index (χ3v) is 8.86. The molecule has 1 heterocycles. The largest absolute Gasteiger partial charge is 0.456 e. The summed E-state index contributed by atoms with van der Waals surface area (Å²) in [5, 5.41) is 1.29. The monoisotopic (exact) mass is 639 g/mol. The smallest absolute Gasteiger partial charge is 0.136 e. The van der Waals surface area contributed by atoms with E-state index in [0.717, 1.165) is 27.3 Å². The maximum Gasteiger partial charge on any atom is 0.136 e. The average molecular weight is 640 g/mol. The van der Waals surface area contributed by atoms with E-state index in [4.69, 9.17) is 16.8 Å². The molecular weight excluding hydrogens is 593 g/mol. The lowest BCUT2D eigenvalue weighted by Crippen LogP contribution is -1.91. The van der Waals surface area contributed by atoms with Gasteiger partial charge in [0.2, 0.25) is 0 Å². The van der Waals surface area contributed by atoms with E-state index in [0.29, 0.717) is 16.6 Å². The molecule has 0 aliphatic rings. The molecule has 0 spiro atoms. The number of hydrogen-bond donors (Lipinski definition) is 0. The van der Waals surface area contributed by atoms with Crippen molar-refractivity contribution in [2.24, 2.45) is 0 Å². The number of hydrogen-bond acceptors (Lipinski definition) is 1. The van der Waals surface area contributed by atoms with Gasteiger partial charge in [0.05, 0.1) is 23.3 Å². The van der Waals surface area contributed by atoms with Crippen LogP contribution < -0.4 is 0 Å². The van der Waals surface area contributed by atoms with Crippen molar-refractivity contribution in [3.8, 4) is 44.5 Å². The highest BCUT2D eigenvalue weighted by atomic mass is 16.3. The van der Waals surface area contributed by atoms with Gasteiger partial charge in [0.1, 0.15) is 11.2 Å². The minimum atomic E-state index is -0.823. The molecule has 0 unspecified atom stereocenters. The second-order valence-electron chi connectivity index (χ2n) is 11.5. The van der Waals surface area contributed by atoms with E-state index in [9.17, 15) is 11.0 Å². The maximum atomic E-state index is 9.90. The Morgan fingerprint density at radius 2 is 1.00 bits per heavy atom. The second kappa shape index (κ2) is 11.1. The topological polar surface area (TPSA) is 13.1 Å². The summed E-state index contributed by atoms with van der Waals surface area (Å²) in [7, 11) is 0. The van der Waals surface area contributed by atoms with Crippen LogP contribution in [-0.2, 0) is 0 Å². The normalized spacial score (nSPS) is 16.5. The Hall–Kier alpha value is -6.44. The van der Waals surface area contributed by atoms with Crippen LogP contribution in [0.1, 0.15) is 23.3 Å². The lowest BCUT2D eigenvalue weighted by atomic mass is 9.85. The van der Waals surface area contributed by atoms with Gasteiger partial charge in [0.15, 0.2) is 0 Å². The Kier molecular flexibility index (Phi) is 3.54. The molecule has 0 aliphatic heterocycles. The van der Waals surface area contributed by atoms with Crippen LogP contribution in [-0.4, -0.2) is 0 Å². The van der Waals surface area contributed by atoms with Gasteiger partial charge in [-0.25, -0.2) is 0 Å². The zero-order valence-corrected chi connectivity index (χ0v) is 25.4. The Labute approximate surface area is 308 Å². The van der Waals surface area contributed by atoms with Crippen molar-refractivity contribution < 1.29 is 27.7 Å². The molecule has 10 rings (SSSR count). The first-order valence-corrected chi connectivity index (χ1v) is 15.5. The van der Waals surface area contributed by atoms with E-state index in [1.165, 1.54) is 0 Å². The first kappa shape index (κ1) is 15.6. The molecule has 0 aliphatic carbocycles. The van der Waals surface area contributed by atoms with Crippen LogP contribution in [0.3, 0.4) is 0 Å². The van der Waals surface area contributed by atoms with Crippen molar-refractivity contribution in [1.29, 1.82) is 0 Å². The van der Waals surface area contributed by atoms with E-state index in [1.807, 2.05) is 60.7 Å². The van der Waals surface area contributed by atoms with E-state index in [1.54, 1.807) is 18.2 Å². The molecule has 0 N–H and O–H groups in total. The van der Waals surface area contributed by atoms with Gasteiger partial charge in [-0.3, -0.25) is 0 Å². The predicted octanol–water partition coefficient (Wildman–Crippen LogP) is 13.7. The third-order valence-electron chi connectivity index (χ3n) is 8.86. The maximum absolute atomic E-state index is 9.90. The molecule has 0 saturated heterocycles. The van der Waals surface area contributed by atoms with Gasteiger partial charge in [-0.2, -0.15) is 0 Å². The average Bonchev–Trinajstić information content (AvgIpc) is 3.70. The Morgan fingerprint density at radius 1 is 0.388 bits per heavy atom. The van der Waals surface area contributed by atoms with E-state index in [-0.39, 0.29) is 11.1 Å². The zero-order valence-electron chi connectivity index (χ0n) is 42.4. The van der Waals surface area contributed by atoms with Gasteiger partial charge in [-0.05, 0) is 101 Å². The minimum absolute atomic E-state index is 0.178. The standard InChI is InChI=1S/C48H30O/c1-2-14-32(15-3-1)46-39-20-6-8-22-41(39)47(42-23-9-7-21-40(42)46)35-18-10-17-33(29-35)34-27-28-44-43(30-34)48-38(25-12-26-45(48)49-44)37-24-11-16-31-13-4-5-19-36(31)37/h1-30H/i1D,2D,3D,6D,7D,8D,9D,10D,14D,15D,17D,18D,20D,21D,22D,23D,29D. The second-order valence-corrected chi connectivity index (χ2v) is 11.5. The Morgan fingerprint density at radius 3 is 1.78 bits per heavy atom. The molecular formula is C48H30O. The Balaban J connectivity index is 1.38. The third kappa shape index (κ3) is 4.40. The summed E-state index contributed by atoms with van der Waals surface area (Å²) >= 11 is 0. The molecule has 0 bridgehead atoms. The fraction of sp³-hybridized carbons (Fsp3) is 0. The SMILES string of the molecule is [2H]c1c([2H])c([2H])c(-c2c3c([2H])c([2H])c([2H])c([2H])c3c(-c3c([2H])c([2H])c([2H])c(-c4ccc5oc6cccc(-c7cccc8ccccc78)c6c5c4)c3[2H])c3c([2H])c([2H])c([2H])c([2H])c23)c([2H])c1[2H]. The molecule has 1 aromatic heterocycles. The number of benzene rings is 9. The quantitative estimate of drug-likeness (QED) is 0.175. The summed E-state index contributed by atoms with van der Waals surface area (Å²) in [6.07, 6.45) is 0. The molecule has 0 atom stereocenters. The summed E-state index contributed by atoms with van der Waals surface area (Å²) in [5.41, 5.74) is 0.735. The number of fused-ring (bicyclic) bond motifs is 6. The lowest BCUT2D eigenvalue weighted by Gasteiger charge is -2.18. The van der Waals surface area contributed by atoms with Crippen molar-refractivity contribution in [3.05, 3.63) is 182 Å². The van der Waals surface area contributed by atoms with Crippen LogP contribution in [0.4, 0.5) is 0 Å². The van der Waals surface area contributed by atoms with Crippen molar-refractivity contribution in [1.82, 2.24) is 0 Å². The Bertz CT molecular complexity index is 3740. The van der Waals surface area contributed by atoms with Gasteiger partial charge in [-0.15, -0.1) is 0 Å². The van der Waals surface area contributed by atoms with Crippen LogP contribution >= 0.6 is 0 Å². The fourth-order valence-electron chi connectivity index (χ4n) is 6.78. The molecule has 1 nitrogen and oxygen atoms in total. The zero-order chi connectivity index (χ0) is 47.1.